The number of nitrogens with one attached hydrogen (secondary N) is 1. The number of hydrogen-bond acceptors (Lipinski definition) is 2. The summed E-state index contributed by atoms with van der Waals surface area (Å²) in [5.74, 6) is -1.56. The summed E-state index contributed by atoms with van der Waals surface area (Å²) in [7, 11) is 0. The molecule has 0 spiro atoms. The predicted molar refractivity (Wildman–Crippen MR) is 82.2 cm³/mol. The summed E-state index contributed by atoms with van der Waals surface area (Å²) < 4.78 is 13.4. The van der Waals surface area contributed by atoms with Crippen LogP contribution in [0.2, 0.25) is 5.02 Å². The summed E-state index contributed by atoms with van der Waals surface area (Å²) in [4.78, 5) is 24.1. The first-order valence-electron chi connectivity index (χ1n) is 6.13. The Balaban J connectivity index is 2.93. The maximum absolute atomic E-state index is 13.1. The molecule has 0 unspecified atom stereocenters. The molecule has 0 aliphatic rings. The fourth-order valence-corrected chi connectivity index (χ4v) is 2.57. The van der Waals surface area contributed by atoms with Gasteiger partial charge in [-0.15, -0.1) is 0 Å². The average molecular weight is 382 g/mol. The number of carboxylic acid groups (broad SMARTS) is 1. The molecule has 0 heterocycles. The lowest BCUT2D eigenvalue weighted by molar-refractivity contribution is -0.137. The van der Waals surface area contributed by atoms with Gasteiger partial charge in [0, 0.05) is 11.0 Å². The highest BCUT2D eigenvalue weighted by atomic mass is 79.9. The van der Waals surface area contributed by atoms with Crippen LogP contribution in [0.4, 0.5) is 14.9 Å². The third-order valence-corrected chi connectivity index (χ3v) is 3.36. The molecule has 0 aliphatic carbocycles. The van der Waals surface area contributed by atoms with Gasteiger partial charge in [0.15, 0.2) is 0 Å². The molecule has 5 nitrogen and oxygen atoms in total. The third kappa shape index (κ3) is 5.51. The summed E-state index contributed by atoms with van der Waals surface area (Å²) in [6, 6.07) is 1.61. The number of carbonyl (C=O) groups is 2. The second-order valence-corrected chi connectivity index (χ2v) is 6.10. The molecule has 0 saturated heterocycles. The first kappa shape index (κ1) is 17.7. The highest BCUT2D eigenvalue weighted by molar-refractivity contribution is 9.10. The summed E-state index contributed by atoms with van der Waals surface area (Å²) in [6.07, 6.45) is 0. The van der Waals surface area contributed by atoms with Crippen molar-refractivity contribution in [1.82, 2.24) is 4.90 Å². The SMILES string of the molecule is CC(C)CN(CC(=O)O)C(=O)Nc1c(Cl)cc(F)cc1Br. The van der Waals surface area contributed by atoms with Crippen LogP contribution in [-0.2, 0) is 4.79 Å². The van der Waals surface area contributed by atoms with Crippen molar-refractivity contribution >= 4 is 45.2 Å². The minimum Gasteiger partial charge on any atom is -0.480 e. The van der Waals surface area contributed by atoms with E-state index in [-0.39, 0.29) is 27.6 Å². The molecule has 1 rings (SSSR count). The highest BCUT2D eigenvalue weighted by Gasteiger charge is 2.20. The Morgan fingerprint density at radius 3 is 2.57 bits per heavy atom. The molecule has 0 fully saturated rings. The molecule has 1 aromatic rings. The van der Waals surface area contributed by atoms with Crippen LogP contribution in [0.5, 0.6) is 0 Å². The molecule has 0 radical (unpaired) electrons. The van der Waals surface area contributed by atoms with Crippen LogP contribution in [0.1, 0.15) is 13.8 Å². The number of aliphatic carboxylic acids is 1. The number of anilines is 1. The van der Waals surface area contributed by atoms with Crippen LogP contribution in [0.15, 0.2) is 16.6 Å². The van der Waals surface area contributed by atoms with E-state index in [0.717, 1.165) is 17.0 Å². The number of hydrogen-bond donors (Lipinski definition) is 2. The molecule has 0 aromatic heterocycles. The van der Waals surface area contributed by atoms with Crippen LogP contribution < -0.4 is 5.32 Å². The Labute approximate surface area is 135 Å². The van der Waals surface area contributed by atoms with Gasteiger partial charge in [0.2, 0.25) is 0 Å². The zero-order valence-corrected chi connectivity index (χ0v) is 13.8. The van der Waals surface area contributed by atoms with Gasteiger partial charge in [0.1, 0.15) is 12.4 Å². The second kappa shape index (κ2) is 7.61. The van der Waals surface area contributed by atoms with Crippen LogP contribution in [0.3, 0.4) is 0 Å². The normalized spacial score (nSPS) is 10.6. The number of urea groups is 1. The molecule has 0 saturated carbocycles. The van der Waals surface area contributed by atoms with Crippen molar-refractivity contribution in [2.75, 3.05) is 18.4 Å². The molecule has 2 amide bonds. The summed E-state index contributed by atoms with van der Waals surface area (Å²) in [6.45, 7) is 3.57. The lowest BCUT2D eigenvalue weighted by atomic mass is 10.2. The van der Waals surface area contributed by atoms with E-state index in [2.05, 4.69) is 21.2 Å². The largest absolute Gasteiger partial charge is 0.480 e. The van der Waals surface area contributed by atoms with E-state index < -0.39 is 24.4 Å². The molecule has 116 valence electrons. The number of rotatable bonds is 5. The number of benzene rings is 1. The Kier molecular flexibility index (Phi) is 6.42. The molecule has 1 aromatic carbocycles. The third-order valence-electron chi connectivity index (χ3n) is 2.44. The van der Waals surface area contributed by atoms with Gasteiger partial charge in [-0.1, -0.05) is 25.4 Å². The van der Waals surface area contributed by atoms with Crippen LogP contribution in [-0.4, -0.2) is 35.1 Å². The minimum absolute atomic E-state index is 0.0232. The van der Waals surface area contributed by atoms with E-state index in [1.807, 2.05) is 13.8 Å². The topological polar surface area (TPSA) is 69.6 Å². The van der Waals surface area contributed by atoms with Crippen LogP contribution in [0.25, 0.3) is 0 Å². The van der Waals surface area contributed by atoms with Gasteiger partial charge in [-0.2, -0.15) is 0 Å². The molecule has 21 heavy (non-hydrogen) atoms. The van der Waals surface area contributed by atoms with Crippen LogP contribution in [0, 0.1) is 11.7 Å². The Hall–Kier alpha value is -1.34. The van der Waals surface area contributed by atoms with Crippen LogP contribution >= 0.6 is 27.5 Å². The average Bonchev–Trinajstić information content (AvgIpc) is 2.31. The van der Waals surface area contributed by atoms with Crippen molar-refractivity contribution in [3.8, 4) is 0 Å². The molecule has 0 atom stereocenters. The predicted octanol–water partition coefficient (Wildman–Crippen LogP) is 3.82. The summed E-state index contributed by atoms with van der Waals surface area (Å²) in [5, 5.41) is 11.4. The lowest BCUT2D eigenvalue weighted by Gasteiger charge is -2.23. The van der Waals surface area contributed by atoms with Gasteiger partial charge in [-0.05, 0) is 34.0 Å². The lowest BCUT2D eigenvalue weighted by Crippen LogP contribution is -2.41. The smallest absolute Gasteiger partial charge is 0.323 e. The van der Waals surface area contributed by atoms with E-state index in [0.29, 0.717) is 0 Å². The number of halogens is 3. The maximum atomic E-state index is 13.1. The van der Waals surface area contributed by atoms with Crippen molar-refractivity contribution in [2.45, 2.75) is 13.8 Å². The fourth-order valence-electron chi connectivity index (χ4n) is 1.67. The van der Waals surface area contributed by atoms with Gasteiger partial charge >= 0.3 is 12.0 Å². The molecule has 0 bridgehead atoms. The fraction of sp³-hybridized carbons (Fsp3) is 0.385. The van der Waals surface area contributed by atoms with E-state index in [1.165, 1.54) is 0 Å². The van der Waals surface area contributed by atoms with E-state index in [1.54, 1.807) is 0 Å². The highest BCUT2D eigenvalue weighted by Crippen LogP contribution is 2.31. The van der Waals surface area contributed by atoms with Gasteiger partial charge in [0.25, 0.3) is 0 Å². The Bertz CT molecular complexity index is 531. The van der Waals surface area contributed by atoms with Crippen molar-refractivity contribution in [3.63, 3.8) is 0 Å². The first-order valence-corrected chi connectivity index (χ1v) is 7.30. The molecule has 2 N–H and O–H groups in total. The monoisotopic (exact) mass is 380 g/mol. The number of nitrogens with zero attached hydrogens (tertiary/aromatic N) is 1. The number of carboxylic acids is 1. The maximum Gasteiger partial charge on any atom is 0.323 e. The van der Waals surface area contributed by atoms with Gasteiger partial charge in [-0.25, -0.2) is 9.18 Å². The molecule has 8 heteroatoms. The zero-order chi connectivity index (χ0) is 16.2. The van der Waals surface area contributed by atoms with Gasteiger partial charge in [0.05, 0.1) is 10.7 Å². The Morgan fingerprint density at radius 2 is 2.10 bits per heavy atom. The molecular weight excluding hydrogens is 367 g/mol. The zero-order valence-electron chi connectivity index (χ0n) is 11.5. The Morgan fingerprint density at radius 1 is 1.48 bits per heavy atom. The van der Waals surface area contributed by atoms with Crippen molar-refractivity contribution in [1.29, 1.82) is 0 Å². The quantitative estimate of drug-likeness (QED) is 0.814. The number of amides is 2. The van der Waals surface area contributed by atoms with Crippen molar-refractivity contribution < 1.29 is 19.1 Å². The second-order valence-electron chi connectivity index (χ2n) is 4.84. The van der Waals surface area contributed by atoms with Gasteiger partial charge in [-0.3, -0.25) is 4.79 Å². The van der Waals surface area contributed by atoms with Gasteiger partial charge < -0.3 is 15.3 Å². The molecular formula is C13H15BrClFN2O3. The van der Waals surface area contributed by atoms with Crippen molar-refractivity contribution in [2.24, 2.45) is 5.92 Å². The van der Waals surface area contributed by atoms with E-state index in [9.17, 15) is 14.0 Å². The van der Waals surface area contributed by atoms with E-state index >= 15 is 0 Å². The molecule has 0 aliphatic heterocycles. The summed E-state index contributed by atoms with van der Waals surface area (Å²) >= 11 is 8.98. The van der Waals surface area contributed by atoms with Crippen molar-refractivity contribution in [3.05, 3.63) is 27.4 Å². The number of carbonyl (C=O) groups excluding carboxylic acids is 1. The standard InChI is InChI=1S/C13H15BrClFN2O3/c1-7(2)5-18(6-11(19)20)13(21)17-12-9(14)3-8(16)4-10(12)15/h3-4,7H,5-6H2,1-2H3,(H,17,21)(H,19,20). The first-order chi connectivity index (χ1) is 9.70. The minimum atomic E-state index is -1.12. The summed E-state index contributed by atoms with van der Waals surface area (Å²) in [5.41, 5.74) is 0.196. The van der Waals surface area contributed by atoms with E-state index in [4.69, 9.17) is 16.7 Å².